The van der Waals surface area contributed by atoms with E-state index < -0.39 is 5.91 Å². The van der Waals surface area contributed by atoms with E-state index >= 15 is 0 Å². The van der Waals surface area contributed by atoms with E-state index in [1.807, 2.05) is 29.2 Å². The first-order valence-corrected chi connectivity index (χ1v) is 9.37. The quantitative estimate of drug-likeness (QED) is 0.896. The lowest BCUT2D eigenvalue weighted by Crippen LogP contribution is -2.31. The number of rotatable bonds is 4. The zero-order chi connectivity index (χ0) is 19.4. The molecule has 2 amide bonds. The maximum atomic E-state index is 12.8. The number of carbonyl (C=O) groups excluding carboxylic acids is 2. The van der Waals surface area contributed by atoms with E-state index in [4.69, 9.17) is 10.5 Å². The van der Waals surface area contributed by atoms with Crippen molar-refractivity contribution in [2.24, 2.45) is 11.7 Å². The summed E-state index contributed by atoms with van der Waals surface area (Å²) in [5.74, 6) is 0.922. The maximum Gasteiger partial charge on any atom is 0.253 e. The van der Waals surface area contributed by atoms with E-state index in [-0.39, 0.29) is 5.91 Å². The van der Waals surface area contributed by atoms with Crippen molar-refractivity contribution in [1.29, 1.82) is 0 Å². The van der Waals surface area contributed by atoms with Gasteiger partial charge in [0.25, 0.3) is 5.91 Å². The van der Waals surface area contributed by atoms with Gasteiger partial charge in [-0.15, -0.1) is 0 Å². The lowest BCUT2D eigenvalue weighted by atomic mass is 10.00. The molecule has 0 spiro atoms. The molecule has 1 aliphatic heterocycles. The minimum atomic E-state index is -0.485. The summed E-state index contributed by atoms with van der Waals surface area (Å²) in [6.07, 6.45) is 3.29. The van der Waals surface area contributed by atoms with Crippen LogP contribution in [0.15, 0.2) is 42.5 Å². The Labute approximate surface area is 160 Å². The Kier molecular flexibility index (Phi) is 5.79. The second-order valence-electron chi connectivity index (χ2n) is 7.18. The molecular weight excluding hydrogens is 340 g/mol. The van der Waals surface area contributed by atoms with Crippen molar-refractivity contribution >= 4 is 11.8 Å². The molecule has 142 valence electrons. The average Bonchev–Trinajstić information content (AvgIpc) is 2.91. The minimum Gasteiger partial charge on any atom is -0.496 e. The minimum absolute atomic E-state index is 0.0773. The third-order valence-corrected chi connectivity index (χ3v) is 5.23. The van der Waals surface area contributed by atoms with Gasteiger partial charge in [0.15, 0.2) is 0 Å². The number of hydrogen-bond donors (Lipinski definition) is 1. The summed E-state index contributed by atoms with van der Waals surface area (Å²) in [4.78, 5) is 26.2. The Morgan fingerprint density at radius 3 is 2.41 bits per heavy atom. The van der Waals surface area contributed by atoms with Crippen molar-refractivity contribution in [3.63, 3.8) is 0 Å². The van der Waals surface area contributed by atoms with Crippen LogP contribution in [-0.2, 0) is 0 Å². The predicted molar refractivity (Wildman–Crippen MR) is 106 cm³/mol. The molecule has 2 aromatic carbocycles. The predicted octanol–water partition coefficient (Wildman–Crippen LogP) is 3.72. The summed E-state index contributed by atoms with van der Waals surface area (Å²) in [5, 5.41) is 0. The third-order valence-electron chi connectivity index (χ3n) is 5.23. The highest BCUT2D eigenvalue weighted by atomic mass is 16.5. The van der Waals surface area contributed by atoms with Gasteiger partial charge in [0.05, 0.1) is 7.11 Å². The maximum absolute atomic E-state index is 12.8. The van der Waals surface area contributed by atoms with Crippen LogP contribution in [0.25, 0.3) is 11.1 Å². The molecule has 2 aromatic rings. The molecule has 0 unspecified atom stereocenters. The second kappa shape index (κ2) is 8.25. The van der Waals surface area contributed by atoms with Gasteiger partial charge in [-0.25, -0.2) is 0 Å². The highest BCUT2D eigenvalue weighted by Crippen LogP contribution is 2.31. The number of primary amides is 1. The van der Waals surface area contributed by atoms with Gasteiger partial charge in [-0.3, -0.25) is 9.59 Å². The Morgan fingerprint density at radius 1 is 1.04 bits per heavy atom. The molecule has 1 atom stereocenters. The van der Waals surface area contributed by atoms with Gasteiger partial charge >= 0.3 is 0 Å². The van der Waals surface area contributed by atoms with Gasteiger partial charge in [0, 0.05) is 29.8 Å². The second-order valence-corrected chi connectivity index (χ2v) is 7.18. The number of methoxy groups -OCH3 is 1. The molecule has 0 radical (unpaired) electrons. The summed E-state index contributed by atoms with van der Waals surface area (Å²) in [5.41, 5.74) is 8.14. The van der Waals surface area contributed by atoms with Gasteiger partial charge in [-0.05, 0) is 61.1 Å². The Bertz CT molecular complexity index is 830. The lowest BCUT2D eigenvalue weighted by Gasteiger charge is -2.20. The average molecular weight is 366 g/mol. The topological polar surface area (TPSA) is 72.6 Å². The van der Waals surface area contributed by atoms with E-state index in [1.165, 1.54) is 6.42 Å². The molecule has 1 heterocycles. The van der Waals surface area contributed by atoms with E-state index in [9.17, 15) is 9.59 Å². The van der Waals surface area contributed by atoms with E-state index in [0.29, 0.717) is 22.8 Å². The van der Waals surface area contributed by atoms with Crippen molar-refractivity contribution < 1.29 is 14.3 Å². The Morgan fingerprint density at radius 2 is 1.74 bits per heavy atom. The van der Waals surface area contributed by atoms with Crippen molar-refractivity contribution in [3.05, 3.63) is 53.6 Å². The number of ether oxygens (including phenoxy) is 1. The van der Waals surface area contributed by atoms with Crippen LogP contribution < -0.4 is 10.5 Å². The van der Waals surface area contributed by atoms with Crippen LogP contribution in [0.2, 0.25) is 0 Å². The van der Waals surface area contributed by atoms with E-state index in [0.717, 1.165) is 37.1 Å². The van der Waals surface area contributed by atoms with E-state index in [2.05, 4.69) is 6.92 Å². The van der Waals surface area contributed by atoms with Crippen molar-refractivity contribution in [2.45, 2.75) is 26.2 Å². The van der Waals surface area contributed by atoms with Gasteiger partial charge in [-0.1, -0.05) is 19.1 Å². The van der Waals surface area contributed by atoms with Gasteiger partial charge < -0.3 is 15.4 Å². The standard InChI is InChI=1S/C22H26N2O3/c1-15-4-3-12-24(13-11-15)22(26)17-7-5-16(6-8-17)19-14-18(21(23)25)9-10-20(19)27-2/h5-10,14-15H,3-4,11-13H2,1-2H3,(H2,23,25)/t15-/m0/s1. The van der Waals surface area contributed by atoms with Crippen molar-refractivity contribution in [2.75, 3.05) is 20.2 Å². The van der Waals surface area contributed by atoms with Crippen LogP contribution >= 0.6 is 0 Å². The van der Waals surface area contributed by atoms with Crippen LogP contribution in [0.5, 0.6) is 5.75 Å². The summed E-state index contributed by atoms with van der Waals surface area (Å²) >= 11 is 0. The van der Waals surface area contributed by atoms with Gasteiger partial charge in [-0.2, -0.15) is 0 Å². The summed E-state index contributed by atoms with van der Waals surface area (Å²) < 4.78 is 5.40. The molecule has 1 saturated heterocycles. The van der Waals surface area contributed by atoms with Crippen LogP contribution in [0, 0.1) is 5.92 Å². The summed E-state index contributed by atoms with van der Waals surface area (Å²) in [6.45, 7) is 3.88. The fourth-order valence-corrected chi connectivity index (χ4v) is 3.53. The molecule has 0 aromatic heterocycles. The smallest absolute Gasteiger partial charge is 0.253 e. The summed E-state index contributed by atoms with van der Waals surface area (Å²) in [6, 6.07) is 12.5. The molecule has 2 N–H and O–H groups in total. The SMILES string of the molecule is COc1ccc(C(N)=O)cc1-c1ccc(C(=O)N2CCC[C@H](C)CC2)cc1. The number of hydrogen-bond acceptors (Lipinski definition) is 3. The molecule has 27 heavy (non-hydrogen) atoms. The fourth-order valence-electron chi connectivity index (χ4n) is 3.53. The first kappa shape index (κ1) is 19.0. The first-order valence-electron chi connectivity index (χ1n) is 9.37. The van der Waals surface area contributed by atoms with Crippen LogP contribution in [0.3, 0.4) is 0 Å². The number of amides is 2. The number of nitrogens with two attached hydrogens (primary N) is 1. The zero-order valence-electron chi connectivity index (χ0n) is 15.9. The summed E-state index contributed by atoms with van der Waals surface area (Å²) in [7, 11) is 1.58. The fraction of sp³-hybridized carbons (Fsp3) is 0.364. The monoisotopic (exact) mass is 366 g/mol. The molecule has 1 aliphatic rings. The van der Waals surface area contributed by atoms with E-state index in [1.54, 1.807) is 25.3 Å². The van der Waals surface area contributed by atoms with Crippen molar-refractivity contribution in [3.8, 4) is 16.9 Å². The molecule has 0 aliphatic carbocycles. The first-order chi connectivity index (χ1) is 13.0. The van der Waals surface area contributed by atoms with Crippen LogP contribution in [0.4, 0.5) is 0 Å². The highest BCUT2D eigenvalue weighted by Gasteiger charge is 2.20. The molecule has 0 saturated carbocycles. The number of likely N-dealkylation sites (tertiary alicyclic amines) is 1. The molecule has 1 fully saturated rings. The molecule has 0 bridgehead atoms. The van der Waals surface area contributed by atoms with Gasteiger partial charge in [0.2, 0.25) is 5.91 Å². The zero-order valence-corrected chi connectivity index (χ0v) is 15.9. The normalized spacial score (nSPS) is 17.3. The van der Waals surface area contributed by atoms with Crippen LogP contribution in [0.1, 0.15) is 46.9 Å². The van der Waals surface area contributed by atoms with Crippen molar-refractivity contribution in [1.82, 2.24) is 4.90 Å². The largest absolute Gasteiger partial charge is 0.496 e. The van der Waals surface area contributed by atoms with Crippen LogP contribution in [-0.4, -0.2) is 36.9 Å². The molecular formula is C22H26N2O3. The number of carbonyl (C=O) groups is 2. The number of benzene rings is 2. The molecule has 5 nitrogen and oxygen atoms in total. The third kappa shape index (κ3) is 4.30. The molecule has 5 heteroatoms. The highest BCUT2D eigenvalue weighted by molar-refractivity contribution is 5.96. The molecule has 3 rings (SSSR count). The Hall–Kier alpha value is -2.82. The lowest BCUT2D eigenvalue weighted by molar-refractivity contribution is 0.0760. The number of nitrogens with zero attached hydrogens (tertiary/aromatic N) is 1. The Balaban J connectivity index is 1.84. The van der Waals surface area contributed by atoms with Gasteiger partial charge in [0.1, 0.15) is 5.75 Å².